The molecule has 2 aromatic heterocycles. The van der Waals surface area contributed by atoms with Crippen molar-refractivity contribution >= 4 is 6.01 Å². The minimum atomic E-state index is -0.444. The summed E-state index contributed by atoms with van der Waals surface area (Å²) in [6.45, 7) is 1.97. The minimum absolute atomic E-state index is 0.0153. The Balaban J connectivity index is 1.47. The second-order valence-corrected chi connectivity index (χ2v) is 6.19. The van der Waals surface area contributed by atoms with Gasteiger partial charge in [0.1, 0.15) is 5.75 Å². The van der Waals surface area contributed by atoms with Crippen molar-refractivity contribution in [1.29, 1.82) is 0 Å². The van der Waals surface area contributed by atoms with E-state index in [0.29, 0.717) is 18.3 Å². The molecule has 8 heteroatoms. The van der Waals surface area contributed by atoms with Crippen LogP contribution in [0, 0.1) is 6.92 Å². The molecule has 0 saturated heterocycles. The largest absolute Gasteiger partial charge is 0.497 e. The molecule has 25 heavy (non-hydrogen) atoms. The van der Waals surface area contributed by atoms with Gasteiger partial charge in [0.2, 0.25) is 5.82 Å². The topological polar surface area (TPSA) is 98.2 Å². The van der Waals surface area contributed by atoms with Crippen molar-refractivity contribution < 1.29 is 14.4 Å². The number of anilines is 1. The van der Waals surface area contributed by atoms with Crippen molar-refractivity contribution in [2.24, 2.45) is 0 Å². The number of aliphatic hydroxyl groups is 1. The van der Waals surface area contributed by atoms with Crippen LogP contribution in [0.3, 0.4) is 0 Å². The third-order valence-corrected chi connectivity index (χ3v) is 4.42. The molecule has 1 fully saturated rings. The van der Waals surface area contributed by atoms with E-state index < -0.39 is 6.10 Å². The number of nitrogens with one attached hydrogen (secondary N) is 1. The van der Waals surface area contributed by atoms with Crippen LogP contribution < -0.4 is 10.1 Å². The average Bonchev–Trinajstić information content (AvgIpc) is 3.24. The van der Waals surface area contributed by atoms with E-state index in [1.165, 1.54) is 0 Å². The summed E-state index contributed by atoms with van der Waals surface area (Å²) in [4.78, 5) is 4.38. The smallest absolute Gasteiger partial charge is 0.322 e. The molecular weight excluding hydrogens is 322 g/mol. The molecule has 3 atom stereocenters. The zero-order chi connectivity index (χ0) is 17.4. The zero-order valence-corrected chi connectivity index (χ0v) is 14.0. The fraction of sp³-hybridized carbons (Fsp3) is 0.353. The summed E-state index contributed by atoms with van der Waals surface area (Å²) >= 11 is 0. The quantitative estimate of drug-likeness (QED) is 0.732. The molecule has 8 nitrogen and oxygen atoms in total. The molecule has 0 unspecified atom stereocenters. The summed E-state index contributed by atoms with van der Waals surface area (Å²) < 4.78 is 12.2. The number of benzene rings is 1. The maximum absolute atomic E-state index is 10.1. The molecule has 1 aliphatic carbocycles. The number of hydrogen-bond acceptors (Lipinski definition) is 7. The van der Waals surface area contributed by atoms with Crippen LogP contribution in [-0.2, 0) is 0 Å². The summed E-state index contributed by atoms with van der Waals surface area (Å²) in [5.41, 5.74) is 1.89. The van der Waals surface area contributed by atoms with E-state index in [2.05, 4.69) is 20.6 Å². The van der Waals surface area contributed by atoms with Crippen LogP contribution in [0.15, 0.2) is 41.2 Å². The highest BCUT2D eigenvalue weighted by molar-refractivity contribution is 5.56. The van der Waals surface area contributed by atoms with E-state index in [4.69, 9.17) is 9.26 Å². The van der Waals surface area contributed by atoms with Crippen LogP contribution in [-0.4, -0.2) is 44.3 Å². The summed E-state index contributed by atoms with van der Waals surface area (Å²) in [5, 5.41) is 21.6. The molecule has 1 aromatic carbocycles. The molecule has 1 saturated carbocycles. The van der Waals surface area contributed by atoms with Crippen molar-refractivity contribution in [3.63, 3.8) is 0 Å². The number of rotatable bonds is 5. The second kappa shape index (κ2) is 6.21. The van der Waals surface area contributed by atoms with Gasteiger partial charge in [-0.25, -0.2) is 0 Å². The van der Waals surface area contributed by atoms with Gasteiger partial charge in [-0.1, -0.05) is 5.16 Å². The van der Waals surface area contributed by atoms with Gasteiger partial charge in [-0.15, -0.1) is 0 Å². The van der Waals surface area contributed by atoms with Crippen LogP contribution in [0.25, 0.3) is 11.4 Å². The van der Waals surface area contributed by atoms with Crippen LogP contribution >= 0.6 is 0 Å². The Morgan fingerprint density at radius 3 is 2.76 bits per heavy atom. The lowest BCUT2D eigenvalue weighted by Crippen LogP contribution is -2.51. The van der Waals surface area contributed by atoms with E-state index in [1.807, 2.05) is 37.4 Å². The number of aliphatic hydroxyl groups excluding tert-OH is 1. The van der Waals surface area contributed by atoms with Gasteiger partial charge in [-0.3, -0.25) is 4.68 Å². The molecule has 0 aliphatic heterocycles. The van der Waals surface area contributed by atoms with Crippen molar-refractivity contribution in [3.8, 4) is 17.1 Å². The molecule has 4 rings (SSSR count). The lowest BCUT2D eigenvalue weighted by Gasteiger charge is -2.41. The molecule has 2 N–H and O–H groups in total. The maximum Gasteiger partial charge on any atom is 0.322 e. The molecule has 2 heterocycles. The van der Waals surface area contributed by atoms with Gasteiger partial charge in [-0.2, -0.15) is 10.1 Å². The van der Waals surface area contributed by atoms with E-state index in [9.17, 15) is 5.11 Å². The summed E-state index contributed by atoms with van der Waals surface area (Å²) in [7, 11) is 1.62. The Kier molecular flexibility index (Phi) is 3.89. The Morgan fingerprint density at radius 1 is 1.32 bits per heavy atom. The predicted molar refractivity (Wildman–Crippen MR) is 90.3 cm³/mol. The summed E-state index contributed by atoms with van der Waals surface area (Å²) in [6.07, 6.45) is 3.85. The third-order valence-electron chi connectivity index (χ3n) is 4.42. The first-order valence-corrected chi connectivity index (χ1v) is 8.07. The Hall–Kier alpha value is -2.87. The van der Waals surface area contributed by atoms with Crippen molar-refractivity contribution in [1.82, 2.24) is 19.9 Å². The number of hydrogen-bond donors (Lipinski definition) is 2. The van der Waals surface area contributed by atoms with Gasteiger partial charge < -0.3 is 19.7 Å². The van der Waals surface area contributed by atoms with Gasteiger partial charge in [-0.05, 0) is 43.2 Å². The molecule has 0 radical (unpaired) electrons. The van der Waals surface area contributed by atoms with E-state index in [1.54, 1.807) is 18.0 Å². The molecule has 130 valence electrons. The van der Waals surface area contributed by atoms with E-state index in [0.717, 1.165) is 16.9 Å². The maximum atomic E-state index is 10.1. The van der Waals surface area contributed by atoms with Gasteiger partial charge in [0.15, 0.2) is 0 Å². The standard InChI is InChI=1S/C17H19N5O3/c1-10-8-18-22(9-10)15-13(7-14(15)23)19-17-20-16(21-25-17)11-3-5-12(24-2)6-4-11/h3-6,8-9,13-15,23H,7H2,1-2H3,(H,19,20,21)/t13-,14+,15+/m0/s1. The lowest BCUT2D eigenvalue weighted by atomic mass is 9.83. The van der Waals surface area contributed by atoms with Crippen LogP contribution in [0.5, 0.6) is 5.75 Å². The fourth-order valence-electron chi connectivity index (χ4n) is 3.01. The molecule has 0 amide bonds. The Bertz CT molecular complexity index is 857. The fourth-order valence-corrected chi connectivity index (χ4v) is 3.01. The van der Waals surface area contributed by atoms with Crippen LogP contribution in [0.4, 0.5) is 6.01 Å². The molecule has 1 aliphatic rings. The molecule has 0 spiro atoms. The van der Waals surface area contributed by atoms with Crippen molar-refractivity contribution in [2.75, 3.05) is 12.4 Å². The SMILES string of the molecule is COc1ccc(-c2noc(N[C@H]3C[C@@H](O)[C@@H]3n3cc(C)cn3)n2)cc1. The molecular formula is C17H19N5O3. The molecule has 0 bridgehead atoms. The van der Waals surface area contributed by atoms with E-state index in [-0.39, 0.29) is 12.1 Å². The van der Waals surface area contributed by atoms with Crippen LogP contribution in [0.1, 0.15) is 18.0 Å². The first-order valence-electron chi connectivity index (χ1n) is 8.07. The first kappa shape index (κ1) is 15.6. The van der Waals surface area contributed by atoms with Gasteiger partial charge >= 0.3 is 6.01 Å². The van der Waals surface area contributed by atoms with Gasteiger partial charge in [0, 0.05) is 11.8 Å². The number of nitrogens with zero attached hydrogens (tertiary/aromatic N) is 4. The lowest BCUT2D eigenvalue weighted by molar-refractivity contribution is 0.0125. The number of aryl methyl sites for hydroxylation is 1. The third kappa shape index (κ3) is 2.96. The minimum Gasteiger partial charge on any atom is -0.497 e. The predicted octanol–water partition coefficient (Wildman–Crippen LogP) is 2.04. The zero-order valence-electron chi connectivity index (χ0n) is 14.0. The van der Waals surface area contributed by atoms with Crippen LogP contribution in [0.2, 0.25) is 0 Å². The summed E-state index contributed by atoms with van der Waals surface area (Å²) in [6, 6.07) is 7.60. The van der Waals surface area contributed by atoms with E-state index >= 15 is 0 Å². The Labute approximate surface area is 144 Å². The summed E-state index contributed by atoms with van der Waals surface area (Å²) in [5.74, 6) is 1.27. The molecule has 3 aromatic rings. The van der Waals surface area contributed by atoms with Crippen molar-refractivity contribution in [3.05, 3.63) is 42.2 Å². The van der Waals surface area contributed by atoms with Crippen molar-refractivity contribution in [2.45, 2.75) is 31.5 Å². The highest BCUT2D eigenvalue weighted by Crippen LogP contribution is 2.35. The average molecular weight is 341 g/mol. The normalized spacial score (nSPS) is 22.4. The van der Waals surface area contributed by atoms with Gasteiger partial charge in [0.25, 0.3) is 0 Å². The number of methoxy groups -OCH3 is 1. The monoisotopic (exact) mass is 341 g/mol. The Morgan fingerprint density at radius 2 is 2.12 bits per heavy atom. The first-order chi connectivity index (χ1) is 12.1. The van der Waals surface area contributed by atoms with Gasteiger partial charge in [0.05, 0.1) is 31.5 Å². The second-order valence-electron chi connectivity index (χ2n) is 6.19. The number of aromatic nitrogens is 4. The highest BCUT2D eigenvalue weighted by Gasteiger charge is 2.42. The number of ether oxygens (including phenoxy) is 1. The highest BCUT2D eigenvalue weighted by atomic mass is 16.5.